The van der Waals surface area contributed by atoms with E-state index in [9.17, 15) is 9.18 Å². The minimum atomic E-state index is -0.262. The zero-order valence-electron chi connectivity index (χ0n) is 14.1. The first-order chi connectivity index (χ1) is 11.4. The lowest BCUT2D eigenvalue weighted by atomic mass is 9.99. The number of nitrogens with zero attached hydrogens (tertiary/aromatic N) is 2. The molecule has 0 saturated heterocycles. The number of hydrogen-bond donors (Lipinski definition) is 0. The highest BCUT2D eigenvalue weighted by atomic mass is 32.1. The summed E-state index contributed by atoms with van der Waals surface area (Å²) in [6.45, 7) is 4.33. The molecule has 2 aromatic rings. The Morgan fingerprint density at radius 2 is 2.04 bits per heavy atom. The van der Waals surface area contributed by atoms with E-state index >= 15 is 0 Å². The maximum absolute atomic E-state index is 13.0. The van der Waals surface area contributed by atoms with Crippen LogP contribution in [0.3, 0.4) is 0 Å². The van der Waals surface area contributed by atoms with Gasteiger partial charge in [0.05, 0.1) is 5.69 Å². The molecule has 5 heteroatoms. The van der Waals surface area contributed by atoms with Crippen LogP contribution in [0, 0.1) is 11.2 Å². The molecule has 1 atom stereocenters. The first-order valence-corrected chi connectivity index (χ1v) is 8.93. The van der Waals surface area contributed by atoms with Gasteiger partial charge in [-0.3, -0.25) is 4.79 Å². The molecule has 0 N–H and O–H groups in total. The maximum atomic E-state index is 13.0. The Labute approximate surface area is 145 Å². The lowest BCUT2D eigenvalue weighted by molar-refractivity contribution is -0.127. The smallest absolute Gasteiger partial charge is 0.246 e. The third-order valence-corrected chi connectivity index (χ3v) is 5.90. The fourth-order valence-corrected chi connectivity index (χ4v) is 3.43. The minimum absolute atomic E-state index is 0.00745. The van der Waals surface area contributed by atoms with E-state index in [4.69, 9.17) is 0 Å². The van der Waals surface area contributed by atoms with Gasteiger partial charge in [-0.15, -0.1) is 11.3 Å². The highest BCUT2D eigenvalue weighted by molar-refractivity contribution is 7.13. The van der Waals surface area contributed by atoms with Gasteiger partial charge in [0.15, 0.2) is 0 Å². The molecule has 24 heavy (non-hydrogen) atoms. The third-order valence-electron chi connectivity index (χ3n) is 4.99. The van der Waals surface area contributed by atoms with E-state index < -0.39 is 0 Å². The van der Waals surface area contributed by atoms with Gasteiger partial charge in [0, 0.05) is 30.1 Å². The van der Waals surface area contributed by atoms with Crippen molar-refractivity contribution in [2.24, 2.45) is 5.41 Å². The van der Waals surface area contributed by atoms with Crippen LogP contribution in [0.1, 0.15) is 32.4 Å². The molecular formula is C19H21FN2OS. The van der Waals surface area contributed by atoms with Crippen LogP contribution in [0.5, 0.6) is 0 Å². The summed E-state index contributed by atoms with van der Waals surface area (Å²) in [5, 5.41) is 2.71. The summed E-state index contributed by atoms with van der Waals surface area (Å²) >= 11 is 1.48. The van der Waals surface area contributed by atoms with E-state index in [1.165, 1.54) is 36.3 Å². The van der Waals surface area contributed by atoms with Crippen LogP contribution < -0.4 is 0 Å². The predicted molar refractivity (Wildman–Crippen MR) is 96.1 cm³/mol. The van der Waals surface area contributed by atoms with Gasteiger partial charge < -0.3 is 4.90 Å². The number of carbonyl (C=O) groups is 1. The molecule has 3 rings (SSSR count). The van der Waals surface area contributed by atoms with Crippen LogP contribution >= 0.6 is 11.3 Å². The average Bonchev–Trinajstić information content (AvgIpc) is 3.16. The van der Waals surface area contributed by atoms with Gasteiger partial charge in [0.25, 0.3) is 0 Å². The lowest BCUT2D eigenvalue weighted by Crippen LogP contribution is -2.39. The fraction of sp³-hybridized carbons (Fsp3) is 0.368. The zero-order valence-corrected chi connectivity index (χ0v) is 14.9. The Kier molecular flexibility index (Phi) is 4.54. The van der Waals surface area contributed by atoms with Crippen molar-refractivity contribution < 1.29 is 9.18 Å². The highest BCUT2D eigenvalue weighted by Crippen LogP contribution is 2.49. The second kappa shape index (κ2) is 6.48. The number of carbonyl (C=O) groups excluding carboxylic acids is 1. The predicted octanol–water partition coefficient (Wildman–Crippen LogP) is 4.61. The van der Waals surface area contributed by atoms with Gasteiger partial charge in [-0.25, -0.2) is 9.37 Å². The lowest BCUT2D eigenvalue weighted by Gasteiger charge is -2.29. The Bertz CT molecular complexity index is 762. The van der Waals surface area contributed by atoms with E-state index in [-0.39, 0.29) is 23.2 Å². The molecule has 1 aliphatic carbocycles. The minimum Gasteiger partial charge on any atom is -0.339 e. The zero-order chi connectivity index (χ0) is 17.3. The third kappa shape index (κ3) is 3.56. The monoisotopic (exact) mass is 344 g/mol. The number of aromatic nitrogens is 1. The maximum Gasteiger partial charge on any atom is 0.246 e. The first-order valence-electron chi connectivity index (χ1n) is 8.05. The normalized spacial score (nSPS) is 17.0. The Morgan fingerprint density at radius 3 is 2.67 bits per heavy atom. The van der Waals surface area contributed by atoms with Crippen molar-refractivity contribution in [2.45, 2.75) is 32.7 Å². The standard InChI is InChI=1S/C19H21FN2OS/c1-13(19(2)10-11-19)22(3)17(23)9-8-16-12-24-18(21-16)14-4-6-15(20)7-5-14/h4-9,12-13H,10-11H2,1-3H3/b9-8-/t13-/m0/s1. The first kappa shape index (κ1) is 16.8. The SMILES string of the molecule is C[C@H](N(C)C(=O)/C=C\c1csc(-c2ccc(F)cc2)n1)C1(C)CC1. The highest BCUT2D eigenvalue weighted by Gasteiger charge is 2.44. The molecule has 0 aliphatic heterocycles. The van der Waals surface area contributed by atoms with Crippen molar-refractivity contribution in [3.63, 3.8) is 0 Å². The number of amides is 1. The van der Waals surface area contributed by atoms with Crippen molar-refractivity contribution in [1.82, 2.24) is 9.88 Å². The number of hydrogen-bond acceptors (Lipinski definition) is 3. The van der Waals surface area contributed by atoms with Crippen LogP contribution in [0.2, 0.25) is 0 Å². The van der Waals surface area contributed by atoms with Crippen molar-refractivity contribution in [1.29, 1.82) is 0 Å². The summed E-state index contributed by atoms with van der Waals surface area (Å²) in [7, 11) is 1.85. The number of benzene rings is 1. The number of halogens is 1. The molecule has 1 amide bonds. The molecule has 3 nitrogen and oxygen atoms in total. The van der Waals surface area contributed by atoms with Gasteiger partial charge in [0.2, 0.25) is 5.91 Å². The molecule has 0 spiro atoms. The van der Waals surface area contributed by atoms with Gasteiger partial charge in [0.1, 0.15) is 10.8 Å². The second-order valence-electron chi connectivity index (χ2n) is 6.70. The van der Waals surface area contributed by atoms with Crippen LogP contribution in [0.25, 0.3) is 16.6 Å². The summed E-state index contributed by atoms with van der Waals surface area (Å²) in [4.78, 5) is 18.6. The molecule has 1 heterocycles. The van der Waals surface area contributed by atoms with Gasteiger partial charge in [-0.2, -0.15) is 0 Å². The van der Waals surface area contributed by atoms with Crippen LogP contribution in [-0.4, -0.2) is 28.9 Å². The fourth-order valence-electron chi connectivity index (χ4n) is 2.64. The topological polar surface area (TPSA) is 33.2 Å². The van der Waals surface area contributed by atoms with Crippen molar-refractivity contribution in [3.8, 4) is 10.6 Å². The average molecular weight is 344 g/mol. The number of thiazole rings is 1. The summed E-state index contributed by atoms with van der Waals surface area (Å²) in [6, 6.07) is 6.49. The van der Waals surface area contributed by atoms with Crippen molar-refractivity contribution >= 4 is 23.3 Å². The quantitative estimate of drug-likeness (QED) is 0.742. The summed E-state index contributed by atoms with van der Waals surface area (Å²) in [5.74, 6) is -0.269. The molecule has 1 fully saturated rings. The van der Waals surface area contributed by atoms with Crippen LogP contribution in [0.15, 0.2) is 35.7 Å². The van der Waals surface area contributed by atoms with E-state index in [0.717, 1.165) is 16.3 Å². The van der Waals surface area contributed by atoms with Crippen LogP contribution in [-0.2, 0) is 4.79 Å². The second-order valence-corrected chi connectivity index (χ2v) is 7.55. The number of likely N-dealkylation sites (N-methyl/N-ethyl adjacent to an activating group) is 1. The molecule has 0 radical (unpaired) electrons. The Balaban J connectivity index is 1.66. The van der Waals surface area contributed by atoms with Gasteiger partial charge in [-0.05, 0) is 55.5 Å². The van der Waals surface area contributed by atoms with Crippen LogP contribution in [0.4, 0.5) is 4.39 Å². The van der Waals surface area contributed by atoms with Gasteiger partial charge >= 0.3 is 0 Å². The summed E-state index contributed by atoms with van der Waals surface area (Å²) in [5.41, 5.74) is 1.89. The largest absolute Gasteiger partial charge is 0.339 e. The Morgan fingerprint density at radius 1 is 1.38 bits per heavy atom. The Hall–Kier alpha value is -2.01. The molecular weight excluding hydrogens is 323 g/mol. The molecule has 0 unspecified atom stereocenters. The van der Waals surface area contributed by atoms with E-state index in [1.807, 2.05) is 12.4 Å². The molecule has 0 bridgehead atoms. The van der Waals surface area contributed by atoms with Crippen molar-refractivity contribution in [2.75, 3.05) is 7.05 Å². The summed E-state index contributed by atoms with van der Waals surface area (Å²) in [6.07, 6.45) is 5.68. The number of rotatable bonds is 5. The van der Waals surface area contributed by atoms with Gasteiger partial charge in [-0.1, -0.05) is 6.92 Å². The van der Waals surface area contributed by atoms with E-state index in [2.05, 4.69) is 18.8 Å². The van der Waals surface area contributed by atoms with E-state index in [1.54, 1.807) is 29.2 Å². The van der Waals surface area contributed by atoms with E-state index in [0.29, 0.717) is 0 Å². The summed E-state index contributed by atoms with van der Waals surface area (Å²) < 4.78 is 13.0. The van der Waals surface area contributed by atoms with Crippen molar-refractivity contribution in [3.05, 3.63) is 47.2 Å². The molecule has 1 aromatic carbocycles. The molecule has 1 aromatic heterocycles. The molecule has 1 saturated carbocycles. The molecule has 1 aliphatic rings. The molecule has 126 valence electrons.